The topological polar surface area (TPSA) is 74.6 Å². The number of amides is 1. The SMILES string of the molecule is O=C(NCc1ccccn1)/C(=N\O)c1ccccc1. The van der Waals surface area contributed by atoms with Crippen LogP contribution in [0.4, 0.5) is 0 Å². The Morgan fingerprint density at radius 2 is 1.89 bits per heavy atom. The molecule has 0 atom stereocenters. The van der Waals surface area contributed by atoms with Crippen LogP contribution in [0.15, 0.2) is 59.9 Å². The lowest BCUT2D eigenvalue weighted by Gasteiger charge is -2.06. The number of oxime groups is 1. The number of aromatic nitrogens is 1. The molecule has 1 aromatic heterocycles. The van der Waals surface area contributed by atoms with Gasteiger partial charge in [0.25, 0.3) is 5.91 Å². The van der Waals surface area contributed by atoms with Gasteiger partial charge in [-0.2, -0.15) is 0 Å². The van der Waals surface area contributed by atoms with Crippen molar-refractivity contribution in [1.29, 1.82) is 0 Å². The molecule has 96 valence electrons. The lowest BCUT2D eigenvalue weighted by molar-refractivity contribution is -0.115. The van der Waals surface area contributed by atoms with Gasteiger partial charge >= 0.3 is 0 Å². The number of carbonyl (C=O) groups excluding carboxylic acids is 1. The number of benzene rings is 1. The van der Waals surface area contributed by atoms with Crippen LogP contribution in [0.1, 0.15) is 11.3 Å². The van der Waals surface area contributed by atoms with Crippen LogP contribution >= 0.6 is 0 Å². The highest BCUT2D eigenvalue weighted by molar-refractivity contribution is 6.45. The van der Waals surface area contributed by atoms with E-state index in [9.17, 15) is 4.79 Å². The van der Waals surface area contributed by atoms with Crippen molar-refractivity contribution in [3.63, 3.8) is 0 Å². The Bertz CT molecular complexity index is 568. The van der Waals surface area contributed by atoms with Crippen molar-refractivity contribution in [2.45, 2.75) is 6.54 Å². The van der Waals surface area contributed by atoms with Crippen LogP contribution in [-0.4, -0.2) is 21.8 Å². The minimum Gasteiger partial charge on any atom is -0.410 e. The monoisotopic (exact) mass is 255 g/mol. The predicted octanol–water partition coefficient (Wildman–Crippen LogP) is 1.58. The molecule has 19 heavy (non-hydrogen) atoms. The first-order chi connectivity index (χ1) is 9.31. The summed E-state index contributed by atoms with van der Waals surface area (Å²) in [4.78, 5) is 16.0. The molecule has 1 heterocycles. The maximum absolute atomic E-state index is 11.9. The van der Waals surface area contributed by atoms with E-state index in [1.165, 1.54) is 0 Å². The van der Waals surface area contributed by atoms with Crippen molar-refractivity contribution < 1.29 is 10.0 Å². The Balaban J connectivity index is 2.03. The normalized spacial score (nSPS) is 11.1. The molecule has 5 nitrogen and oxygen atoms in total. The maximum atomic E-state index is 11.9. The summed E-state index contributed by atoms with van der Waals surface area (Å²) in [7, 11) is 0. The minimum absolute atomic E-state index is 0.0171. The highest BCUT2D eigenvalue weighted by Gasteiger charge is 2.14. The zero-order valence-electron chi connectivity index (χ0n) is 10.2. The van der Waals surface area contributed by atoms with Crippen molar-refractivity contribution in [2.24, 2.45) is 5.16 Å². The summed E-state index contributed by atoms with van der Waals surface area (Å²) in [5.74, 6) is -0.445. The molecule has 0 aliphatic carbocycles. The van der Waals surface area contributed by atoms with Crippen LogP contribution < -0.4 is 5.32 Å². The third-order valence-electron chi connectivity index (χ3n) is 2.52. The number of carbonyl (C=O) groups is 1. The third kappa shape index (κ3) is 3.38. The molecule has 2 aromatic rings. The van der Waals surface area contributed by atoms with E-state index in [0.29, 0.717) is 5.56 Å². The first kappa shape index (κ1) is 12.8. The van der Waals surface area contributed by atoms with Crippen LogP contribution in [0, 0.1) is 0 Å². The number of nitrogens with one attached hydrogen (secondary N) is 1. The summed E-state index contributed by atoms with van der Waals surface area (Å²) in [5, 5.41) is 14.7. The molecule has 0 aliphatic heterocycles. The van der Waals surface area contributed by atoms with Crippen molar-refractivity contribution in [1.82, 2.24) is 10.3 Å². The number of nitrogens with zero attached hydrogens (tertiary/aromatic N) is 2. The molecule has 0 saturated heterocycles. The predicted molar refractivity (Wildman–Crippen MR) is 70.8 cm³/mol. The van der Waals surface area contributed by atoms with E-state index < -0.39 is 5.91 Å². The second kappa shape index (κ2) is 6.30. The molecular weight excluding hydrogens is 242 g/mol. The summed E-state index contributed by atoms with van der Waals surface area (Å²) in [6.07, 6.45) is 1.65. The standard InChI is InChI=1S/C14H13N3O2/c18-14(16-10-12-8-4-5-9-15-12)13(17-19)11-6-2-1-3-7-11/h1-9,19H,10H2,(H,16,18)/b17-13-. The highest BCUT2D eigenvalue weighted by Crippen LogP contribution is 2.02. The van der Waals surface area contributed by atoms with Crippen LogP contribution in [0.5, 0.6) is 0 Å². The summed E-state index contributed by atoms with van der Waals surface area (Å²) < 4.78 is 0. The van der Waals surface area contributed by atoms with E-state index in [4.69, 9.17) is 5.21 Å². The van der Waals surface area contributed by atoms with E-state index in [1.807, 2.05) is 12.1 Å². The maximum Gasteiger partial charge on any atom is 0.274 e. The summed E-state index contributed by atoms with van der Waals surface area (Å²) in [6.45, 7) is 0.283. The largest absolute Gasteiger partial charge is 0.410 e. The van der Waals surface area contributed by atoms with Crippen molar-refractivity contribution in [2.75, 3.05) is 0 Å². The molecule has 0 unspecified atom stereocenters. The quantitative estimate of drug-likeness (QED) is 0.495. The molecule has 2 rings (SSSR count). The fraction of sp³-hybridized carbons (Fsp3) is 0.0714. The van der Waals surface area contributed by atoms with Gasteiger partial charge in [0.1, 0.15) is 0 Å². The number of pyridine rings is 1. The van der Waals surface area contributed by atoms with Crippen LogP contribution in [-0.2, 0) is 11.3 Å². The number of hydrogen-bond donors (Lipinski definition) is 2. The van der Waals surface area contributed by atoms with E-state index >= 15 is 0 Å². The lowest BCUT2D eigenvalue weighted by Crippen LogP contribution is -2.31. The van der Waals surface area contributed by atoms with E-state index in [-0.39, 0.29) is 12.3 Å². The van der Waals surface area contributed by atoms with Crippen LogP contribution in [0.25, 0.3) is 0 Å². The Morgan fingerprint density at radius 3 is 2.53 bits per heavy atom. The molecule has 0 spiro atoms. The molecule has 0 fully saturated rings. The minimum atomic E-state index is -0.445. The van der Waals surface area contributed by atoms with Crippen LogP contribution in [0.2, 0.25) is 0 Å². The summed E-state index contributed by atoms with van der Waals surface area (Å²) in [5.41, 5.74) is 1.28. The van der Waals surface area contributed by atoms with Gasteiger partial charge in [0.05, 0.1) is 12.2 Å². The third-order valence-corrected chi connectivity index (χ3v) is 2.52. The second-order valence-corrected chi connectivity index (χ2v) is 3.82. The second-order valence-electron chi connectivity index (χ2n) is 3.82. The zero-order valence-corrected chi connectivity index (χ0v) is 10.2. The molecule has 0 bridgehead atoms. The number of rotatable bonds is 4. The van der Waals surface area contributed by atoms with Gasteiger partial charge in [-0.1, -0.05) is 41.6 Å². The van der Waals surface area contributed by atoms with Gasteiger partial charge in [0.2, 0.25) is 0 Å². The van der Waals surface area contributed by atoms with Crippen molar-refractivity contribution in [3.05, 3.63) is 66.0 Å². The van der Waals surface area contributed by atoms with Crippen LogP contribution in [0.3, 0.4) is 0 Å². The van der Waals surface area contributed by atoms with Gasteiger partial charge in [-0.3, -0.25) is 9.78 Å². The molecule has 1 aromatic carbocycles. The van der Waals surface area contributed by atoms with E-state index in [1.54, 1.807) is 42.6 Å². The molecular formula is C14H13N3O2. The first-order valence-electron chi connectivity index (χ1n) is 5.77. The molecule has 0 radical (unpaired) electrons. The van der Waals surface area contributed by atoms with Gasteiger partial charge in [0, 0.05) is 11.8 Å². The zero-order chi connectivity index (χ0) is 13.5. The first-order valence-corrected chi connectivity index (χ1v) is 5.77. The van der Waals surface area contributed by atoms with Gasteiger partial charge < -0.3 is 10.5 Å². The van der Waals surface area contributed by atoms with E-state index in [0.717, 1.165) is 5.69 Å². The van der Waals surface area contributed by atoms with Crippen molar-refractivity contribution >= 4 is 11.6 Å². The number of hydrogen-bond acceptors (Lipinski definition) is 4. The highest BCUT2D eigenvalue weighted by atomic mass is 16.4. The molecule has 1 amide bonds. The van der Waals surface area contributed by atoms with Gasteiger partial charge in [-0.25, -0.2) is 0 Å². The fourth-order valence-corrected chi connectivity index (χ4v) is 1.59. The Kier molecular flexibility index (Phi) is 4.23. The van der Waals surface area contributed by atoms with Gasteiger partial charge in [-0.15, -0.1) is 0 Å². The molecule has 0 saturated carbocycles. The lowest BCUT2D eigenvalue weighted by atomic mass is 10.1. The Labute approximate surface area is 110 Å². The molecule has 0 aliphatic rings. The summed E-state index contributed by atoms with van der Waals surface area (Å²) >= 11 is 0. The molecule has 2 N–H and O–H groups in total. The molecule has 5 heteroatoms. The van der Waals surface area contributed by atoms with E-state index in [2.05, 4.69) is 15.5 Å². The van der Waals surface area contributed by atoms with Crippen molar-refractivity contribution in [3.8, 4) is 0 Å². The smallest absolute Gasteiger partial charge is 0.274 e. The Morgan fingerprint density at radius 1 is 1.16 bits per heavy atom. The Hall–Kier alpha value is -2.69. The van der Waals surface area contributed by atoms with Gasteiger partial charge in [0.15, 0.2) is 5.71 Å². The summed E-state index contributed by atoms with van der Waals surface area (Å²) in [6, 6.07) is 14.2. The van der Waals surface area contributed by atoms with Gasteiger partial charge in [-0.05, 0) is 12.1 Å². The average Bonchev–Trinajstić information content (AvgIpc) is 2.48. The average molecular weight is 255 g/mol. The fourth-order valence-electron chi connectivity index (χ4n) is 1.59.